The third kappa shape index (κ3) is 3.74. The van der Waals surface area contributed by atoms with Crippen LogP contribution < -0.4 is 5.32 Å². The minimum absolute atomic E-state index is 0.0467. The van der Waals surface area contributed by atoms with Crippen LogP contribution in [0.3, 0.4) is 0 Å². The third-order valence-electron chi connectivity index (χ3n) is 2.54. The normalized spacial score (nSPS) is 11.7. The van der Waals surface area contributed by atoms with Crippen molar-refractivity contribution in [2.45, 2.75) is 18.7 Å². The summed E-state index contributed by atoms with van der Waals surface area (Å²) in [5, 5.41) is 1.75. The van der Waals surface area contributed by atoms with Crippen molar-refractivity contribution in [3.8, 4) is 0 Å². The van der Waals surface area contributed by atoms with E-state index < -0.39 is 11.3 Å². The number of methoxy groups -OCH3 is 1. The number of amides is 1. The van der Waals surface area contributed by atoms with E-state index in [4.69, 9.17) is 11.6 Å². The molecule has 5 heteroatoms. The summed E-state index contributed by atoms with van der Waals surface area (Å²) < 4.78 is 4.47. The van der Waals surface area contributed by atoms with Gasteiger partial charge in [-0.05, 0) is 18.1 Å². The quantitative estimate of drug-likeness (QED) is 0.655. The summed E-state index contributed by atoms with van der Waals surface area (Å²) in [6.07, 6.45) is 0.769. The number of hydrogen-bond donors (Lipinski definition) is 1. The number of rotatable bonds is 5. The second kappa shape index (κ2) is 7.01. The number of esters is 1. The minimum Gasteiger partial charge on any atom is -0.468 e. The lowest BCUT2D eigenvalue weighted by molar-refractivity contribution is -0.140. The van der Waals surface area contributed by atoms with Gasteiger partial charge in [0.15, 0.2) is 0 Å². The van der Waals surface area contributed by atoms with E-state index in [1.165, 1.54) is 7.11 Å². The number of carbonyl (C=O) groups is 2. The fourth-order valence-corrected chi connectivity index (χ4v) is 1.71. The van der Waals surface area contributed by atoms with Gasteiger partial charge >= 0.3 is 5.97 Å². The average molecular weight is 270 g/mol. The van der Waals surface area contributed by atoms with E-state index in [0.717, 1.165) is 12.0 Å². The van der Waals surface area contributed by atoms with Gasteiger partial charge in [0.05, 0.1) is 7.11 Å². The van der Waals surface area contributed by atoms with Gasteiger partial charge in [0.25, 0.3) is 5.91 Å². The molecule has 0 aliphatic heterocycles. The molecule has 98 valence electrons. The van der Waals surface area contributed by atoms with Crippen molar-refractivity contribution in [2.75, 3.05) is 13.7 Å². The second-order valence-electron chi connectivity index (χ2n) is 3.71. The molecule has 0 spiro atoms. The molecule has 1 amide bonds. The van der Waals surface area contributed by atoms with Crippen LogP contribution in [0.1, 0.15) is 22.8 Å². The third-order valence-corrected chi connectivity index (χ3v) is 2.87. The molecule has 4 nitrogen and oxygen atoms in total. The standard InChI is InChI=1S/C13H16ClNO3/c1-3-9-6-4-5-7-10(9)12(16)15-8-11(14)13(17)18-2/h4-7,11H,3,8H2,1-2H3,(H,15,16). The van der Waals surface area contributed by atoms with Crippen molar-refractivity contribution in [3.05, 3.63) is 35.4 Å². The van der Waals surface area contributed by atoms with Gasteiger partial charge < -0.3 is 10.1 Å². The van der Waals surface area contributed by atoms with Gasteiger partial charge in [0, 0.05) is 12.1 Å². The molecule has 1 aromatic rings. The molecular formula is C13H16ClNO3. The predicted octanol–water partition coefficient (Wildman–Crippen LogP) is 1.76. The lowest BCUT2D eigenvalue weighted by atomic mass is 10.0. The Hall–Kier alpha value is -1.55. The van der Waals surface area contributed by atoms with Gasteiger partial charge in [-0.1, -0.05) is 25.1 Å². The van der Waals surface area contributed by atoms with Gasteiger partial charge in [0.2, 0.25) is 0 Å². The molecule has 0 saturated heterocycles. The van der Waals surface area contributed by atoms with Gasteiger partial charge in [-0.3, -0.25) is 9.59 Å². The summed E-state index contributed by atoms with van der Waals surface area (Å²) in [4.78, 5) is 23.0. The highest BCUT2D eigenvalue weighted by molar-refractivity contribution is 6.30. The lowest BCUT2D eigenvalue weighted by Gasteiger charge is -2.11. The number of carbonyl (C=O) groups excluding carboxylic acids is 2. The molecule has 0 aromatic heterocycles. The largest absolute Gasteiger partial charge is 0.468 e. The Labute approximate surface area is 111 Å². The summed E-state index contributed by atoms with van der Waals surface area (Å²) in [6, 6.07) is 7.32. The molecule has 0 radical (unpaired) electrons. The highest BCUT2D eigenvalue weighted by Crippen LogP contribution is 2.09. The van der Waals surface area contributed by atoms with Gasteiger partial charge in [-0.25, -0.2) is 0 Å². The Balaban J connectivity index is 2.63. The maximum atomic E-state index is 11.9. The van der Waals surface area contributed by atoms with Crippen molar-refractivity contribution >= 4 is 23.5 Å². The van der Waals surface area contributed by atoms with Crippen LogP contribution in [0.2, 0.25) is 0 Å². The van der Waals surface area contributed by atoms with Crippen LogP contribution in [0, 0.1) is 0 Å². The van der Waals surface area contributed by atoms with E-state index >= 15 is 0 Å². The highest BCUT2D eigenvalue weighted by atomic mass is 35.5. The number of hydrogen-bond acceptors (Lipinski definition) is 3. The maximum Gasteiger partial charge on any atom is 0.325 e. The molecule has 0 aliphatic carbocycles. The molecule has 1 unspecified atom stereocenters. The van der Waals surface area contributed by atoms with Crippen molar-refractivity contribution in [1.29, 1.82) is 0 Å². The van der Waals surface area contributed by atoms with E-state index in [0.29, 0.717) is 5.56 Å². The molecule has 1 aromatic carbocycles. The van der Waals surface area contributed by atoms with E-state index in [1.807, 2.05) is 19.1 Å². The summed E-state index contributed by atoms with van der Waals surface area (Å²) in [5.41, 5.74) is 1.56. The molecule has 0 bridgehead atoms. The zero-order valence-corrected chi connectivity index (χ0v) is 11.2. The Morgan fingerprint density at radius 1 is 1.39 bits per heavy atom. The molecule has 18 heavy (non-hydrogen) atoms. The van der Waals surface area contributed by atoms with Crippen molar-refractivity contribution < 1.29 is 14.3 Å². The van der Waals surface area contributed by atoms with E-state index in [1.54, 1.807) is 12.1 Å². The first-order valence-electron chi connectivity index (χ1n) is 5.68. The molecule has 1 rings (SSSR count). The molecule has 1 N–H and O–H groups in total. The van der Waals surface area contributed by atoms with Gasteiger partial charge in [-0.15, -0.1) is 11.6 Å². The minimum atomic E-state index is -0.868. The summed E-state index contributed by atoms with van der Waals surface area (Å²) in [5.74, 6) is -0.789. The van der Waals surface area contributed by atoms with Gasteiger partial charge in [0.1, 0.15) is 5.38 Å². The fourth-order valence-electron chi connectivity index (χ4n) is 1.54. The lowest BCUT2D eigenvalue weighted by Crippen LogP contribution is -2.34. The molecule has 0 fully saturated rings. The van der Waals surface area contributed by atoms with Crippen molar-refractivity contribution in [2.24, 2.45) is 0 Å². The van der Waals surface area contributed by atoms with Crippen LogP contribution in [0.25, 0.3) is 0 Å². The Morgan fingerprint density at radius 3 is 2.67 bits per heavy atom. The Morgan fingerprint density at radius 2 is 2.06 bits per heavy atom. The Kier molecular flexibility index (Phi) is 5.65. The highest BCUT2D eigenvalue weighted by Gasteiger charge is 2.17. The SMILES string of the molecule is CCc1ccccc1C(=O)NCC(Cl)C(=O)OC. The van der Waals surface area contributed by atoms with Gasteiger partial charge in [-0.2, -0.15) is 0 Å². The molecule has 1 atom stereocenters. The predicted molar refractivity (Wildman–Crippen MR) is 69.8 cm³/mol. The fraction of sp³-hybridized carbons (Fsp3) is 0.385. The van der Waals surface area contributed by atoms with Crippen molar-refractivity contribution in [1.82, 2.24) is 5.32 Å². The summed E-state index contributed by atoms with van der Waals surface area (Å²) >= 11 is 5.75. The Bertz CT molecular complexity index is 434. The smallest absolute Gasteiger partial charge is 0.325 e. The first-order valence-corrected chi connectivity index (χ1v) is 6.11. The molecule has 0 saturated carbocycles. The van der Waals surface area contributed by atoms with Crippen LogP contribution in [0.15, 0.2) is 24.3 Å². The molecular weight excluding hydrogens is 254 g/mol. The van der Waals surface area contributed by atoms with Crippen molar-refractivity contribution in [3.63, 3.8) is 0 Å². The number of alkyl halides is 1. The first-order chi connectivity index (χ1) is 8.60. The second-order valence-corrected chi connectivity index (χ2v) is 4.24. The topological polar surface area (TPSA) is 55.4 Å². The zero-order chi connectivity index (χ0) is 13.5. The molecule has 0 heterocycles. The maximum absolute atomic E-state index is 11.9. The number of halogens is 1. The van der Waals surface area contributed by atoms with E-state index in [2.05, 4.69) is 10.1 Å². The van der Waals surface area contributed by atoms with Crippen LogP contribution >= 0.6 is 11.6 Å². The number of benzene rings is 1. The summed E-state index contributed by atoms with van der Waals surface area (Å²) in [7, 11) is 1.26. The number of aryl methyl sites for hydroxylation is 1. The zero-order valence-electron chi connectivity index (χ0n) is 10.4. The average Bonchev–Trinajstić information content (AvgIpc) is 2.43. The van der Waals surface area contributed by atoms with Crippen LogP contribution in [-0.4, -0.2) is 30.9 Å². The monoisotopic (exact) mass is 269 g/mol. The van der Waals surface area contributed by atoms with E-state index in [-0.39, 0.29) is 12.5 Å². The first kappa shape index (κ1) is 14.5. The molecule has 0 aliphatic rings. The van der Waals surface area contributed by atoms with E-state index in [9.17, 15) is 9.59 Å². The van der Waals surface area contributed by atoms with Crippen LogP contribution in [0.4, 0.5) is 0 Å². The number of ether oxygens (including phenoxy) is 1. The number of nitrogens with one attached hydrogen (secondary N) is 1. The van der Waals surface area contributed by atoms with Crippen LogP contribution in [0.5, 0.6) is 0 Å². The van der Waals surface area contributed by atoms with Crippen LogP contribution in [-0.2, 0) is 16.0 Å². The summed E-state index contributed by atoms with van der Waals surface area (Å²) in [6.45, 7) is 2.02.